The molecule has 1 aliphatic rings. The molecule has 0 aromatic heterocycles. The number of carbonyl (C=O) groups excluding carboxylic acids is 1. The van der Waals surface area contributed by atoms with E-state index in [-0.39, 0.29) is 11.7 Å². The number of benzene rings is 2. The summed E-state index contributed by atoms with van der Waals surface area (Å²) in [5, 5.41) is 1.16. The molecule has 116 valence electrons. The van der Waals surface area contributed by atoms with Crippen LogP contribution in [0.5, 0.6) is 0 Å². The Morgan fingerprint density at radius 2 is 1.96 bits per heavy atom. The summed E-state index contributed by atoms with van der Waals surface area (Å²) in [7, 11) is 1.67. The van der Waals surface area contributed by atoms with Gasteiger partial charge >= 0.3 is 0 Å². The van der Waals surface area contributed by atoms with Crippen molar-refractivity contribution in [3.63, 3.8) is 0 Å². The van der Waals surface area contributed by atoms with Crippen LogP contribution in [0.25, 0.3) is 6.08 Å². The zero-order valence-electron chi connectivity index (χ0n) is 12.2. The SMILES string of the molecule is CN1C(=O)/C(=C\c2ccc(F)cc2)SC1=Nc1cccc(Cl)c1. The highest BCUT2D eigenvalue weighted by molar-refractivity contribution is 8.18. The van der Waals surface area contributed by atoms with Gasteiger partial charge in [-0.1, -0.05) is 29.8 Å². The van der Waals surface area contributed by atoms with Crippen LogP contribution in [0, 0.1) is 5.82 Å². The second kappa shape index (κ2) is 6.56. The summed E-state index contributed by atoms with van der Waals surface area (Å²) in [6, 6.07) is 13.1. The van der Waals surface area contributed by atoms with Crippen LogP contribution in [0.1, 0.15) is 5.56 Å². The van der Waals surface area contributed by atoms with E-state index in [1.54, 1.807) is 43.5 Å². The third-order valence-corrected chi connectivity index (χ3v) is 4.50. The molecule has 0 radical (unpaired) electrons. The molecule has 0 aliphatic carbocycles. The van der Waals surface area contributed by atoms with E-state index in [1.165, 1.54) is 28.8 Å². The molecule has 3 rings (SSSR count). The first-order valence-electron chi connectivity index (χ1n) is 6.80. The fraction of sp³-hybridized carbons (Fsp3) is 0.0588. The number of aliphatic imine (C=N–C) groups is 1. The largest absolute Gasteiger partial charge is 0.290 e. The van der Waals surface area contributed by atoms with Gasteiger partial charge in [-0.25, -0.2) is 9.38 Å². The lowest BCUT2D eigenvalue weighted by Gasteiger charge is -2.07. The number of carbonyl (C=O) groups is 1. The van der Waals surface area contributed by atoms with Gasteiger partial charge in [0.15, 0.2) is 5.17 Å². The van der Waals surface area contributed by atoms with E-state index in [9.17, 15) is 9.18 Å². The second-order valence-electron chi connectivity index (χ2n) is 4.90. The molecule has 0 saturated carbocycles. The van der Waals surface area contributed by atoms with Gasteiger partial charge in [0.1, 0.15) is 5.82 Å². The molecule has 1 fully saturated rings. The van der Waals surface area contributed by atoms with Gasteiger partial charge in [0.05, 0.1) is 10.6 Å². The number of thioether (sulfide) groups is 1. The van der Waals surface area contributed by atoms with Crippen molar-refractivity contribution in [3.05, 3.63) is 69.8 Å². The second-order valence-corrected chi connectivity index (χ2v) is 6.35. The fourth-order valence-electron chi connectivity index (χ4n) is 2.02. The van der Waals surface area contributed by atoms with Crippen LogP contribution in [0.15, 0.2) is 58.4 Å². The molecule has 0 N–H and O–H groups in total. The van der Waals surface area contributed by atoms with Crippen LogP contribution in [0.4, 0.5) is 10.1 Å². The molecule has 0 bridgehead atoms. The number of hydrogen-bond acceptors (Lipinski definition) is 3. The minimum Gasteiger partial charge on any atom is -0.290 e. The van der Waals surface area contributed by atoms with E-state index in [1.807, 2.05) is 6.07 Å². The molecule has 1 aliphatic heterocycles. The summed E-state index contributed by atoms with van der Waals surface area (Å²) >= 11 is 7.22. The number of halogens is 2. The fourth-order valence-corrected chi connectivity index (χ4v) is 3.19. The maximum Gasteiger partial charge on any atom is 0.266 e. The van der Waals surface area contributed by atoms with Gasteiger partial charge in [0.2, 0.25) is 0 Å². The van der Waals surface area contributed by atoms with E-state index in [0.29, 0.717) is 20.8 Å². The molecule has 6 heteroatoms. The summed E-state index contributed by atoms with van der Waals surface area (Å²) in [5.74, 6) is -0.446. The van der Waals surface area contributed by atoms with Gasteiger partial charge in [-0.05, 0) is 53.7 Å². The Labute approximate surface area is 142 Å². The summed E-state index contributed by atoms with van der Waals surface area (Å²) in [4.78, 5) is 18.8. The Hall–Kier alpha value is -2.11. The van der Waals surface area contributed by atoms with Gasteiger partial charge in [-0.15, -0.1) is 0 Å². The zero-order valence-corrected chi connectivity index (χ0v) is 13.7. The van der Waals surface area contributed by atoms with Crippen molar-refractivity contribution in [2.24, 2.45) is 4.99 Å². The molecule has 1 saturated heterocycles. The molecule has 0 spiro atoms. The van der Waals surface area contributed by atoms with Crippen LogP contribution in [-0.2, 0) is 4.79 Å². The number of amides is 1. The number of amidine groups is 1. The number of hydrogen-bond donors (Lipinski definition) is 0. The first-order chi connectivity index (χ1) is 11.0. The normalized spacial score (nSPS) is 18.2. The minimum atomic E-state index is -0.308. The third kappa shape index (κ3) is 3.63. The van der Waals surface area contributed by atoms with Crippen LogP contribution >= 0.6 is 23.4 Å². The van der Waals surface area contributed by atoms with Crippen molar-refractivity contribution >= 4 is 46.2 Å². The summed E-state index contributed by atoms with van der Waals surface area (Å²) < 4.78 is 12.9. The van der Waals surface area contributed by atoms with Gasteiger partial charge in [0.25, 0.3) is 5.91 Å². The highest BCUT2D eigenvalue weighted by Crippen LogP contribution is 2.33. The van der Waals surface area contributed by atoms with Gasteiger partial charge in [-0.3, -0.25) is 9.69 Å². The standard InChI is InChI=1S/C17H12ClFN2OS/c1-21-16(22)15(9-11-5-7-13(19)8-6-11)23-17(21)20-14-4-2-3-12(18)10-14/h2-10H,1H3/b15-9+,20-17?. The van der Waals surface area contributed by atoms with Gasteiger partial charge < -0.3 is 0 Å². The third-order valence-electron chi connectivity index (χ3n) is 3.20. The number of nitrogens with zero attached hydrogens (tertiary/aromatic N) is 2. The maximum atomic E-state index is 12.9. The maximum absolute atomic E-state index is 12.9. The Kier molecular flexibility index (Phi) is 4.50. The van der Waals surface area contributed by atoms with E-state index < -0.39 is 0 Å². The molecule has 2 aromatic rings. The van der Waals surface area contributed by atoms with Crippen LogP contribution in [0.3, 0.4) is 0 Å². The highest BCUT2D eigenvalue weighted by Gasteiger charge is 2.30. The molecule has 0 unspecified atom stereocenters. The number of likely N-dealkylation sites (N-methyl/N-ethyl adjacent to an activating group) is 1. The lowest BCUT2D eigenvalue weighted by Crippen LogP contribution is -2.23. The first kappa shape index (κ1) is 15.8. The van der Waals surface area contributed by atoms with Crippen molar-refractivity contribution < 1.29 is 9.18 Å². The quantitative estimate of drug-likeness (QED) is 0.737. The Bertz CT molecular complexity index is 818. The van der Waals surface area contributed by atoms with Crippen molar-refractivity contribution in [1.29, 1.82) is 0 Å². The van der Waals surface area contributed by atoms with Crippen molar-refractivity contribution in [2.75, 3.05) is 7.05 Å². The van der Waals surface area contributed by atoms with Crippen LogP contribution < -0.4 is 0 Å². The zero-order chi connectivity index (χ0) is 16.4. The molecule has 23 heavy (non-hydrogen) atoms. The predicted octanol–water partition coefficient (Wildman–Crippen LogP) is 4.71. The average Bonchev–Trinajstić information content (AvgIpc) is 2.78. The lowest BCUT2D eigenvalue weighted by molar-refractivity contribution is -0.121. The van der Waals surface area contributed by atoms with Crippen molar-refractivity contribution in [1.82, 2.24) is 4.90 Å². The first-order valence-corrected chi connectivity index (χ1v) is 8.00. The summed E-state index contributed by atoms with van der Waals surface area (Å²) in [6.07, 6.45) is 1.73. The molecule has 1 heterocycles. The summed E-state index contributed by atoms with van der Waals surface area (Å²) in [5.41, 5.74) is 1.45. The smallest absolute Gasteiger partial charge is 0.266 e. The Morgan fingerprint density at radius 3 is 2.65 bits per heavy atom. The van der Waals surface area contributed by atoms with Crippen molar-refractivity contribution in [3.8, 4) is 0 Å². The molecule has 2 aromatic carbocycles. The highest BCUT2D eigenvalue weighted by atomic mass is 35.5. The molecule has 3 nitrogen and oxygen atoms in total. The number of rotatable bonds is 2. The van der Waals surface area contributed by atoms with Crippen molar-refractivity contribution in [2.45, 2.75) is 0 Å². The molecular weight excluding hydrogens is 335 g/mol. The summed E-state index contributed by atoms with van der Waals surface area (Å²) in [6.45, 7) is 0. The monoisotopic (exact) mass is 346 g/mol. The van der Waals surface area contributed by atoms with E-state index in [4.69, 9.17) is 11.6 Å². The topological polar surface area (TPSA) is 32.7 Å². The van der Waals surface area contributed by atoms with Gasteiger partial charge in [0, 0.05) is 12.1 Å². The lowest BCUT2D eigenvalue weighted by atomic mass is 10.2. The molecular formula is C17H12ClFN2OS. The van der Waals surface area contributed by atoms with E-state index >= 15 is 0 Å². The van der Waals surface area contributed by atoms with E-state index in [2.05, 4.69) is 4.99 Å². The van der Waals surface area contributed by atoms with Crippen LogP contribution in [-0.4, -0.2) is 23.0 Å². The Morgan fingerprint density at radius 1 is 1.22 bits per heavy atom. The average molecular weight is 347 g/mol. The van der Waals surface area contributed by atoms with Crippen LogP contribution in [0.2, 0.25) is 5.02 Å². The molecule has 1 amide bonds. The van der Waals surface area contributed by atoms with E-state index in [0.717, 1.165) is 5.56 Å². The molecule has 0 atom stereocenters. The minimum absolute atomic E-state index is 0.139. The Balaban J connectivity index is 1.89. The van der Waals surface area contributed by atoms with Gasteiger partial charge in [-0.2, -0.15) is 0 Å². The predicted molar refractivity (Wildman–Crippen MR) is 93.3 cm³/mol.